The van der Waals surface area contributed by atoms with Crippen molar-refractivity contribution in [2.24, 2.45) is 0 Å². The Morgan fingerprint density at radius 1 is 0.926 bits per heavy atom. The van der Waals surface area contributed by atoms with Gasteiger partial charge in [0.1, 0.15) is 5.75 Å². The van der Waals surface area contributed by atoms with E-state index in [0.717, 1.165) is 19.6 Å². The topological polar surface area (TPSA) is 59.1 Å². The first-order chi connectivity index (χ1) is 13.2. The number of nitrogens with zero attached hydrogens (tertiary/aromatic N) is 2. The van der Waals surface area contributed by atoms with Gasteiger partial charge in [-0.05, 0) is 29.8 Å². The lowest BCUT2D eigenvalue weighted by molar-refractivity contribution is -0.136. The number of carbonyl (C=O) groups is 2. The number of esters is 1. The molecule has 0 saturated carbocycles. The molecule has 27 heavy (non-hydrogen) atoms. The number of piperazine rings is 1. The summed E-state index contributed by atoms with van der Waals surface area (Å²) < 4.78 is 10.2. The Morgan fingerprint density at radius 3 is 2.22 bits per heavy atom. The van der Waals surface area contributed by atoms with E-state index >= 15 is 0 Å². The smallest absolute Gasteiger partial charge is 0.338 e. The van der Waals surface area contributed by atoms with Crippen molar-refractivity contribution in [1.82, 2.24) is 9.80 Å². The second-order valence-electron chi connectivity index (χ2n) is 6.45. The van der Waals surface area contributed by atoms with E-state index in [9.17, 15) is 9.59 Å². The Hall–Kier alpha value is -2.86. The Morgan fingerprint density at radius 2 is 1.59 bits per heavy atom. The number of carbonyl (C=O) groups excluding carboxylic acids is 2. The van der Waals surface area contributed by atoms with Gasteiger partial charge in [-0.25, -0.2) is 4.79 Å². The summed E-state index contributed by atoms with van der Waals surface area (Å²) in [6.07, 6.45) is 0. The lowest BCUT2D eigenvalue weighted by Crippen LogP contribution is -2.49. The number of amides is 1. The van der Waals surface area contributed by atoms with E-state index in [2.05, 4.69) is 17.0 Å². The van der Waals surface area contributed by atoms with Gasteiger partial charge in [0.15, 0.2) is 6.61 Å². The van der Waals surface area contributed by atoms with Gasteiger partial charge in [0.25, 0.3) is 5.91 Å². The molecule has 3 rings (SSSR count). The van der Waals surface area contributed by atoms with Crippen LogP contribution in [0.15, 0.2) is 54.6 Å². The van der Waals surface area contributed by atoms with E-state index in [1.165, 1.54) is 5.56 Å². The molecular weight excluding hydrogens is 344 g/mol. The largest absolute Gasteiger partial charge is 0.497 e. The van der Waals surface area contributed by atoms with Gasteiger partial charge >= 0.3 is 5.97 Å². The fourth-order valence-electron chi connectivity index (χ4n) is 3.03. The minimum Gasteiger partial charge on any atom is -0.497 e. The molecule has 1 aliphatic heterocycles. The van der Waals surface area contributed by atoms with Crippen LogP contribution < -0.4 is 4.74 Å². The molecule has 0 spiro atoms. The van der Waals surface area contributed by atoms with Crippen LogP contribution in [0.4, 0.5) is 0 Å². The molecule has 1 saturated heterocycles. The van der Waals surface area contributed by atoms with E-state index in [1.807, 2.05) is 18.2 Å². The van der Waals surface area contributed by atoms with Gasteiger partial charge in [-0.2, -0.15) is 0 Å². The first-order valence-electron chi connectivity index (χ1n) is 9.01. The van der Waals surface area contributed by atoms with E-state index in [1.54, 1.807) is 36.3 Å². The molecule has 2 aromatic carbocycles. The molecule has 6 heteroatoms. The monoisotopic (exact) mass is 368 g/mol. The van der Waals surface area contributed by atoms with Crippen LogP contribution in [0.5, 0.6) is 5.75 Å². The molecule has 0 radical (unpaired) electrons. The van der Waals surface area contributed by atoms with E-state index in [4.69, 9.17) is 9.47 Å². The highest BCUT2D eigenvalue weighted by molar-refractivity contribution is 5.91. The quantitative estimate of drug-likeness (QED) is 0.732. The van der Waals surface area contributed by atoms with Gasteiger partial charge in [-0.15, -0.1) is 0 Å². The van der Waals surface area contributed by atoms with Gasteiger partial charge in [0.2, 0.25) is 0 Å². The Balaban J connectivity index is 1.42. The highest BCUT2D eigenvalue weighted by Gasteiger charge is 2.22. The predicted octanol–water partition coefficient (Wildman–Crippen LogP) is 2.20. The van der Waals surface area contributed by atoms with Gasteiger partial charge < -0.3 is 14.4 Å². The second-order valence-corrected chi connectivity index (χ2v) is 6.45. The van der Waals surface area contributed by atoms with Crippen LogP contribution in [0.3, 0.4) is 0 Å². The lowest BCUT2D eigenvalue weighted by atomic mass is 10.2. The van der Waals surface area contributed by atoms with Crippen molar-refractivity contribution in [2.45, 2.75) is 6.54 Å². The molecule has 2 aromatic rings. The van der Waals surface area contributed by atoms with Gasteiger partial charge in [0, 0.05) is 32.7 Å². The molecule has 0 atom stereocenters. The fourth-order valence-corrected chi connectivity index (χ4v) is 3.03. The Kier molecular flexibility index (Phi) is 6.44. The Labute approximate surface area is 159 Å². The first kappa shape index (κ1) is 18.9. The maximum Gasteiger partial charge on any atom is 0.338 e. The fraction of sp³-hybridized carbons (Fsp3) is 0.333. The van der Waals surface area contributed by atoms with Gasteiger partial charge in [-0.1, -0.05) is 30.3 Å². The number of hydrogen-bond donors (Lipinski definition) is 0. The van der Waals surface area contributed by atoms with Crippen LogP contribution >= 0.6 is 0 Å². The lowest BCUT2D eigenvalue weighted by Gasteiger charge is -2.34. The third-order valence-electron chi connectivity index (χ3n) is 4.63. The molecule has 0 N–H and O–H groups in total. The minimum atomic E-state index is -0.506. The minimum absolute atomic E-state index is 0.156. The molecule has 1 heterocycles. The summed E-state index contributed by atoms with van der Waals surface area (Å²) >= 11 is 0. The molecule has 0 unspecified atom stereocenters. The molecule has 0 aromatic heterocycles. The zero-order chi connectivity index (χ0) is 19.1. The van der Waals surface area contributed by atoms with Crippen LogP contribution in [0.25, 0.3) is 0 Å². The SMILES string of the molecule is COc1ccc(C(=O)OCC(=O)N2CCN(Cc3ccccc3)CC2)cc1. The molecule has 1 aliphatic rings. The zero-order valence-electron chi connectivity index (χ0n) is 15.5. The summed E-state index contributed by atoms with van der Waals surface area (Å²) in [6, 6.07) is 16.9. The first-order valence-corrected chi connectivity index (χ1v) is 9.01. The number of ether oxygens (including phenoxy) is 2. The summed E-state index contributed by atoms with van der Waals surface area (Å²) in [7, 11) is 1.56. The highest BCUT2D eigenvalue weighted by atomic mass is 16.5. The molecule has 6 nitrogen and oxygen atoms in total. The van der Waals surface area contributed by atoms with E-state index < -0.39 is 5.97 Å². The van der Waals surface area contributed by atoms with Crippen molar-refractivity contribution >= 4 is 11.9 Å². The van der Waals surface area contributed by atoms with Crippen molar-refractivity contribution in [3.63, 3.8) is 0 Å². The van der Waals surface area contributed by atoms with E-state index in [0.29, 0.717) is 24.4 Å². The molecular formula is C21H24N2O4. The number of rotatable bonds is 6. The summed E-state index contributed by atoms with van der Waals surface area (Å²) in [5, 5.41) is 0. The summed E-state index contributed by atoms with van der Waals surface area (Å²) in [5.41, 5.74) is 1.67. The summed E-state index contributed by atoms with van der Waals surface area (Å²) in [6.45, 7) is 3.57. The second kappa shape index (κ2) is 9.19. The number of methoxy groups -OCH3 is 1. The van der Waals surface area contributed by atoms with Crippen LogP contribution in [-0.2, 0) is 16.1 Å². The highest BCUT2D eigenvalue weighted by Crippen LogP contribution is 2.12. The van der Waals surface area contributed by atoms with Crippen LogP contribution in [0.2, 0.25) is 0 Å². The van der Waals surface area contributed by atoms with Crippen molar-refractivity contribution in [3.05, 3.63) is 65.7 Å². The van der Waals surface area contributed by atoms with Crippen molar-refractivity contribution in [2.75, 3.05) is 39.9 Å². The van der Waals surface area contributed by atoms with E-state index in [-0.39, 0.29) is 12.5 Å². The maximum atomic E-state index is 12.3. The molecule has 1 amide bonds. The third kappa shape index (κ3) is 5.31. The average Bonchev–Trinajstić information content (AvgIpc) is 2.73. The normalized spacial score (nSPS) is 14.6. The van der Waals surface area contributed by atoms with Crippen molar-refractivity contribution in [3.8, 4) is 5.75 Å². The van der Waals surface area contributed by atoms with Crippen LogP contribution in [0, 0.1) is 0 Å². The summed E-state index contributed by atoms with van der Waals surface area (Å²) in [5.74, 6) is 0.000870. The Bertz CT molecular complexity index is 754. The summed E-state index contributed by atoms with van der Waals surface area (Å²) in [4.78, 5) is 28.4. The molecule has 1 fully saturated rings. The van der Waals surface area contributed by atoms with Crippen molar-refractivity contribution in [1.29, 1.82) is 0 Å². The average molecular weight is 368 g/mol. The van der Waals surface area contributed by atoms with Gasteiger partial charge in [0.05, 0.1) is 12.7 Å². The third-order valence-corrected chi connectivity index (χ3v) is 4.63. The molecule has 0 aliphatic carbocycles. The molecule has 0 bridgehead atoms. The number of hydrogen-bond acceptors (Lipinski definition) is 5. The standard InChI is InChI=1S/C21H24N2O4/c1-26-19-9-7-18(8-10-19)21(25)27-16-20(24)23-13-11-22(12-14-23)15-17-5-3-2-4-6-17/h2-10H,11-16H2,1H3. The predicted molar refractivity (Wildman–Crippen MR) is 102 cm³/mol. The van der Waals surface area contributed by atoms with Crippen LogP contribution in [0.1, 0.15) is 15.9 Å². The van der Waals surface area contributed by atoms with Crippen LogP contribution in [-0.4, -0.2) is 61.6 Å². The molecule has 142 valence electrons. The van der Waals surface area contributed by atoms with Crippen molar-refractivity contribution < 1.29 is 19.1 Å². The zero-order valence-corrected chi connectivity index (χ0v) is 15.5. The van der Waals surface area contributed by atoms with Gasteiger partial charge in [-0.3, -0.25) is 9.69 Å². The number of benzene rings is 2. The maximum absolute atomic E-state index is 12.3.